The molecule has 0 saturated heterocycles. The zero-order valence-electron chi connectivity index (χ0n) is 9.41. The van der Waals surface area contributed by atoms with E-state index in [1.54, 1.807) is 12.1 Å². The van der Waals surface area contributed by atoms with Gasteiger partial charge >= 0.3 is 0 Å². The summed E-state index contributed by atoms with van der Waals surface area (Å²) in [6.07, 6.45) is -0.105. The van der Waals surface area contributed by atoms with Crippen LogP contribution in [0.25, 0.3) is 0 Å². The molecule has 0 fully saturated rings. The predicted molar refractivity (Wildman–Crippen MR) is 81.9 cm³/mol. The second kappa shape index (κ2) is 6.12. The fraction of sp³-hybridized carbons (Fsp3) is 0.143. The molecular weight excluding hydrogens is 410 g/mol. The summed E-state index contributed by atoms with van der Waals surface area (Å²) in [5.74, 6) is -0.259. The standard InChI is InChI=1S/C14H11BrFIO/c15-10-3-6-13(17)12(8-10)14(18)7-9-1-4-11(16)5-2-9/h1-6,8,14,18H,7H2. The Morgan fingerprint density at radius 3 is 2.50 bits per heavy atom. The molecule has 0 radical (unpaired) electrons. The van der Waals surface area contributed by atoms with E-state index in [2.05, 4.69) is 38.5 Å². The summed E-state index contributed by atoms with van der Waals surface area (Å²) in [6.45, 7) is 0. The summed E-state index contributed by atoms with van der Waals surface area (Å²) in [4.78, 5) is 0. The fourth-order valence-electron chi connectivity index (χ4n) is 1.72. The lowest BCUT2D eigenvalue weighted by Crippen LogP contribution is -2.04. The van der Waals surface area contributed by atoms with Crippen LogP contribution < -0.4 is 0 Å². The van der Waals surface area contributed by atoms with Crippen molar-refractivity contribution in [1.82, 2.24) is 0 Å². The Bertz CT molecular complexity index is 542. The first-order valence-corrected chi connectivity index (χ1v) is 7.31. The van der Waals surface area contributed by atoms with Crippen molar-refractivity contribution in [2.75, 3.05) is 0 Å². The maximum absolute atomic E-state index is 12.8. The Balaban J connectivity index is 2.18. The lowest BCUT2D eigenvalue weighted by atomic mass is 10.0. The van der Waals surface area contributed by atoms with E-state index < -0.39 is 6.10 Å². The van der Waals surface area contributed by atoms with Crippen molar-refractivity contribution in [2.45, 2.75) is 12.5 Å². The molecule has 0 heterocycles. The molecule has 1 atom stereocenters. The predicted octanol–water partition coefficient (Wildman–Crippen LogP) is 4.47. The van der Waals surface area contributed by atoms with Crippen LogP contribution in [0.15, 0.2) is 46.9 Å². The van der Waals surface area contributed by atoms with Crippen molar-refractivity contribution in [3.63, 3.8) is 0 Å². The van der Waals surface area contributed by atoms with Crippen molar-refractivity contribution >= 4 is 38.5 Å². The van der Waals surface area contributed by atoms with Crippen LogP contribution in [0.3, 0.4) is 0 Å². The molecule has 0 aliphatic carbocycles. The molecule has 4 heteroatoms. The molecule has 2 rings (SSSR count). The van der Waals surface area contributed by atoms with Gasteiger partial charge in [-0.3, -0.25) is 0 Å². The summed E-state index contributed by atoms with van der Waals surface area (Å²) in [5.41, 5.74) is 1.80. The van der Waals surface area contributed by atoms with Gasteiger partial charge in [-0.1, -0.05) is 28.1 Å². The second-order valence-electron chi connectivity index (χ2n) is 4.01. The van der Waals surface area contributed by atoms with Crippen LogP contribution in [-0.4, -0.2) is 5.11 Å². The van der Waals surface area contributed by atoms with Gasteiger partial charge in [0.15, 0.2) is 0 Å². The van der Waals surface area contributed by atoms with Gasteiger partial charge in [-0.05, 0) is 64.0 Å². The number of hydrogen-bond acceptors (Lipinski definition) is 1. The normalized spacial score (nSPS) is 12.4. The van der Waals surface area contributed by atoms with Crippen LogP contribution in [0.2, 0.25) is 0 Å². The first kappa shape index (κ1) is 14.0. The third kappa shape index (κ3) is 3.52. The third-order valence-electron chi connectivity index (χ3n) is 2.66. The van der Waals surface area contributed by atoms with E-state index in [9.17, 15) is 9.50 Å². The molecule has 0 aliphatic heterocycles. The van der Waals surface area contributed by atoms with Gasteiger partial charge in [0.05, 0.1) is 6.10 Å². The maximum atomic E-state index is 12.8. The molecule has 1 nitrogen and oxygen atoms in total. The molecule has 0 bridgehead atoms. The number of halogens is 3. The zero-order valence-corrected chi connectivity index (χ0v) is 13.2. The van der Waals surface area contributed by atoms with Crippen molar-refractivity contribution in [3.05, 3.63) is 67.5 Å². The number of aliphatic hydroxyl groups excluding tert-OH is 1. The fourth-order valence-corrected chi connectivity index (χ4v) is 2.80. The SMILES string of the molecule is OC(Cc1ccc(F)cc1)c1cc(Br)ccc1I. The van der Waals surface area contributed by atoms with E-state index in [4.69, 9.17) is 0 Å². The molecule has 94 valence electrons. The van der Waals surface area contributed by atoms with E-state index in [1.807, 2.05) is 18.2 Å². The van der Waals surface area contributed by atoms with Gasteiger partial charge in [0.2, 0.25) is 0 Å². The number of hydrogen-bond donors (Lipinski definition) is 1. The van der Waals surface area contributed by atoms with Crippen LogP contribution >= 0.6 is 38.5 Å². The minimum Gasteiger partial charge on any atom is -0.388 e. The molecular formula is C14H11BrFIO. The number of rotatable bonds is 3. The summed E-state index contributed by atoms with van der Waals surface area (Å²) in [7, 11) is 0. The summed E-state index contributed by atoms with van der Waals surface area (Å²) >= 11 is 5.60. The Hall–Kier alpha value is -0.460. The molecule has 2 aromatic carbocycles. The number of benzene rings is 2. The lowest BCUT2D eigenvalue weighted by Gasteiger charge is -2.13. The molecule has 18 heavy (non-hydrogen) atoms. The average molecular weight is 421 g/mol. The van der Waals surface area contributed by atoms with Crippen molar-refractivity contribution in [1.29, 1.82) is 0 Å². The van der Waals surface area contributed by atoms with Crippen LogP contribution in [0.4, 0.5) is 4.39 Å². The first-order valence-electron chi connectivity index (χ1n) is 5.44. The van der Waals surface area contributed by atoms with Gasteiger partial charge in [-0.15, -0.1) is 0 Å². The second-order valence-corrected chi connectivity index (χ2v) is 6.09. The van der Waals surface area contributed by atoms with E-state index in [-0.39, 0.29) is 5.82 Å². The van der Waals surface area contributed by atoms with E-state index >= 15 is 0 Å². The van der Waals surface area contributed by atoms with Gasteiger partial charge in [0.25, 0.3) is 0 Å². The van der Waals surface area contributed by atoms with Crippen LogP contribution in [0.1, 0.15) is 17.2 Å². The molecule has 0 amide bonds. The van der Waals surface area contributed by atoms with Crippen LogP contribution in [-0.2, 0) is 6.42 Å². The summed E-state index contributed by atoms with van der Waals surface area (Å²) < 4.78 is 14.8. The third-order valence-corrected chi connectivity index (χ3v) is 4.14. The van der Waals surface area contributed by atoms with Crippen molar-refractivity contribution in [2.24, 2.45) is 0 Å². The van der Waals surface area contributed by atoms with E-state index in [1.165, 1.54) is 12.1 Å². The van der Waals surface area contributed by atoms with Gasteiger partial charge in [-0.25, -0.2) is 4.39 Å². The van der Waals surface area contributed by atoms with Crippen LogP contribution in [0.5, 0.6) is 0 Å². The first-order chi connectivity index (χ1) is 8.56. The molecule has 1 unspecified atom stereocenters. The molecule has 1 N–H and O–H groups in total. The highest BCUT2D eigenvalue weighted by Crippen LogP contribution is 2.26. The number of aliphatic hydroxyl groups is 1. The Morgan fingerprint density at radius 2 is 1.83 bits per heavy atom. The minimum atomic E-state index is -0.583. The monoisotopic (exact) mass is 420 g/mol. The quantitative estimate of drug-likeness (QED) is 0.726. The Kier molecular flexibility index (Phi) is 4.75. The maximum Gasteiger partial charge on any atom is 0.123 e. The highest BCUT2D eigenvalue weighted by atomic mass is 127. The molecule has 0 saturated carbocycles. The largest absolute Gasteiger partial charge is 0.388 e. The Labute approximate surface area is 127 Å². The van der Waals surface area contributed by atoms with E-state index in [0.29, 0.717) is 6.42 Å². The van der Waals surface area contributed by atoms with Crippen molar-refractivity contribution in [3.8, 4) is 0 Å². The highest BCUT2D eigenvalue weighted by Gasteiger charge is 2.12. The average Bonchev–Trinajstić information content (AvgIpc) is 2.35. The molecule has 0 spiro atoms. The highest BCUT2D eigenvalue weighted by molar-refractivity contribution is 14.1. The van der Waals surface area contributed by atoms with E-state index in [0.717, 1.165) is 19.2 Å². The van der Waals surface area contributed by atoms with Gasteiger partial charge < -0.3 is 5.11 Å². The smallest absolute Gasteiger partial charge is 0.123 e. The zero-order chi connectivity index (χ0) is 13.1. The summed E-state index contributed by atoms with van der Waals surface area (Å²) in [5, 5.41) is 10.2. The Morgan fingerprint density at radius 1 is 1.17 bits per heavy atom. The summed E-state index contributed by atoms with van der Waals surface area (Å²) in [6, 6.07) is 12.0. The topological polar surface area (TPSA) is 20.2 Å². The molecule has 2 aromatic rings. The van der Waals surface area contributed by atoms with Gasteiger partial charge in [0.1, 0.15) is 5.82 Å². The van der Waals surface area contributed by atoms with Crippen LogP contribution in [0, 0.1) is 9.39 Å². The lowest BCUT2D eigenvalue weighted by molar-refractivity contribution is 0.177. The van der Waals surface area contributed by atoms with Gasteiger partial charge in [0, 0.05) is 14.5 Å². The molecule has 0 aliphatic rings. The minimum absolute atomic E-state index is 0.259. The van der Waals surface area contributed by atoms with Gasteiger partial charge in [-0.2, -0.15) is 0 Å². The molecule has 0 aromatic heterocycles. The van der Waals surface area contributed by atoms with Crippen molar-refractivity contribution < 1.29 is 9.50 Å².